The van der Waals surface area contributed by atoms with E-state index < -0.39 is 5.60 Å². The molecule has 3 heterocycles. The van der Waals surface area contributed by atoms with Crippen molar-refractivity contribution < 1.29 is 9.53 Å². The van der Waals surface area contributed by atoms with Gasteiger partial charge in [0.05, 0.1) is 5.69 Å². The summed E-state index contributed by atoms with van der Waals surface area (Å²) in [4.78, 5) is 28.2. The largest absolute Gasteiger partial charge is 0.444 e. The summed E-state index contributed by atoms with van der Waals surface area (Å²) in [7, 11) is 0. The minimum atomic E-state index is -0.530. The van der Waals surface area contributed by atoms with Crippen LogP contribution in [0.25, 0.3) is 11.3 Å². The number of halogens is 1. The third-order valence-electron chi connectivity index (χ3n) is 5.27. The predicted molar refractivity (Wildman–Crippen MR) is 130 cm³/mol. The Balaban J connectivity index is 1.63. The third-order valence-corrected chi connectivity index (χ3v) is 5.53. The highest BCUT2D eigenvalue weighted by molar-refractivity contribution is 6.30. The average molecular weight is 466 g/mol. The monoisotopic (exact) mass is 465 g/mol. The van der Waals surface area contributed by atoms with Crippen molar-refractivity contribution in [1.29, 1.82) is 0 Å². The van der Waals surface area contributed by atoms with Crippen LogP contribution in [-0.2, 0) is 4.74 Å². The molecule has 1 aliphatic rings. The van der Waals surface area contributed by atoms with E-state index in [4.69, 9.17) is 26.3 Å². The van der Waals surface area contributed by atoms with Crippen LogP contribution in [0.3, 0.4) is 0 Å². The Labute approximate surface area is 199 Å². The number of aromatic nitrogens is 3. The maximum atomic E-state index is 12.6. The Morgan fingerprint density at radius 3 is 2.55 bits per heavy atom. The molecule has 1 fully saturated rings. The Kier molecular flexibility index (Phi) is 6.79. The van der Waals surface area contributed by atoms with Gasteiger partial charge in [0.25, 0.3) is 0 Å². The van der Waals surface area contributed by atoms with Gasteiger partial charge in [-0.2, -0.15) is 0 Å². The average Bonchev–Trinajstić information content (AvgIpc) is 2.80. The van der Waals surface area contributed by atoms with Gasteiger partial charge in [-0.3, -0.25) is 4.98 Å². The molecular formula is C25H28ClN5O2. The maximum absolute atomic E-state index is 12.6. The van der Waals surface area contributed by atoms with Gasteiger partial charge < -0.3 is 15.0 Å². The number of carbonyl (C=O) groups excluding carboxylic acids is 1. The van der Waals surface area contributed by atoms with E-state index in [0.29, 0.717) is 29.8 Å². The third kappa shape index (κ3) is 6.20. The van der Waals surface area contributed by atoms with Crippen LogP contribution < -0.4 is 5.32 Å². The second kappa shape index (κ2) is 9.75. The van der Waals surface area contributed by atoms with Crippen LogP contribution in [0.1, 0.15) is 45.4 Å². The van der Waals surface area contributed by atoms with Crippen molar-refractivity contribution in [3.63, 3.8) is 0 Å². The van der Waals surface area contributed by atoms with Gasteiger partial charge in [-0.15, -0.1) is 0 Å². The van der Waals surface area contributed by atoms with E-state index in [-0.39, 0.29) is 12.0 Å². The first-order valence-corrected chi connectivity index (χ1v) is 11.4. The zero-order valence-corrected chi connectivity index (χ0v) is 19.8. The molecule has 33 heavy (non-hydrogen) atoms. The molecule has 1 N–H and O–H groups in total. The van der Waals surface area contributed by atoms with Crippen LogP contribution in [0.2, 0.25) is 5.02 Å². The van der Waals surface area contributed by atoms with E-state index >= 15 is 0 Å². The SMILES string of the molecule is CC(C)(C)OC(=O)N1CCC[C@@H](c2nc(Nc3ccc(Cl)cc3)cc(-c3ccncc3)n2)C1. The van der Waals surface area contributed by atoms with Gasteiger partial charge in [-0.05, 0) is 70.0 Å². The summed E-state index contributed by atoms with van der Waals surface area (Å²) in [5, 5.41) is 4.03. The summed E-state index contributed by atoms with van der Waals surface area (Å²) in [6, 6.07) is 13.2. The molecule has 7 nitrogen and oxygen atoms in total. The minimum absolute atomic E-state index is 0.0128. The Morgan fingerprint density at radius 2 is 1.85 bits per heavy atom. The second-order valence-corrected chi connectivity index (χ2v) is 9.57. The van der Waals surface area contributed by atoms with Gasteiger partial charge in [0.1, 0.15) is 17.2 Å². The molecule has 1 atom stereocenters. The normalized spacial score (nSPS) is 16.4. The van der Waals surface area contributed by atoms with E-state index in [1.807, 2.05) is 63.2 Å². The van der Waals surface area contributed by atoms with Crippen molar-refractivity contribution in [2.75, 3.05) is 18.4 Å². The molecule has 172 valence electrons. The van der Waals surface area contributed by atoms with Crippen LogP contribution in [0, 0.1) is 0 Å². The van der Waals surface area contributed by atoms with Crippen LogP contribution in [0.4, 0.5) is 16.3 Å². The zero-order chi connectivity index (χ0) is 23.4. The molecule has 1 saturated heterocycles. The number of carbonyl (C=O) groups is 1. The number of rotatable bonds is 4. The molecule has 0 saturated carbocycles. The van der Waals surface area contributed by atoms with E-state index in [1.165, 1.54) is 0 Å². The molecule has 0 spiro atoms. The van der Waals surface area contributed by atoms with Gasteiger partial charge in [-0.1, -0.05) is 11.6 Å². The van der Waals surface area contributed by atoms with E-state index in [1.54, 1.807) is 17.3 Å². The Hall–Kier alpha value is -3.19. The lowest BCUT2D eigenvalue weighted by Gasteiger charge is -2.33. The summed E-state index contributed by atoms with van der Waals surface area (Å²) in [6.45, 7) is 6.83. The number of nitrogens with one attached hydrogen (secondary N) is 1. The molecule has 8 heteroatoms. The molecule has 0 radical (unpaired) electrons. The number of piperidine rings is 1. The predicted octanol–water partition coefficient (Wildman–Crippen LogP) is 6.05. The lowest BCUT2D eigenvalue weighted by molar-refractivity contribution is 0.0196. The number of anilines is 2. The summed E-state index contributed by atoms with van der Waals surface area (Å²) in [5.74, 6) is 1.40. The smallest absolute Gasteiger partial charge is 0.410 e. The molecule has 1 aromatic carbocycles. The lowest BCUT2D eigenvalue weighted by Crippen LogP contribution is -2.42. The molecule has 1 aliphatic heterocycles. The molecule has 2 aromatic heterocycles. The van der Waals surface area contributed by atoms with Gasteiger partial charge in [-0.25, -0.2) is 14.8 Å². The summed E-state index contributed by atoms with van der Waals surface area (Å²) in [5.41, 5.74) is 2.10. The molecule has 0 bridgehead atoms. The number of likely N-dealkylation sites (tertiary alicyclic amines) is 1. The number of amides is 1. The fourth-order valence-corrected chi connectivity index (χ4v) is 3.87. The number of pyridine rings is 1. The lowest BCUT2D eigenvalue weighted by atomic mass is 9.97. The minimum Gasteiger partial charge on any atom is -0.444 e. The van der Waals surface area contributed by atoms with Crippen molar-refractivity contribution in [1.82, 2.24) is 19.9 Å². The van der Waals surface area contributed by atoms with Crippen molar-refractivity contribution in [2.45, 2.75) is 45.1 Å². The van der Waals surface area contributed by atoms with Gasteiger partial charge in [0, 0.05) is 53.7 Å². The van der Waals surface area contributed by atoms with Crippen molar-refractivity contribution in [3.05, 3.63) is 65.7 Å². The van der Waals surface area contributed by atoms with E-state index in [0.717, 1.165) is 29.8 Å². The topological polar surface area (TPSA) is 80.2 Å². The Morgan fingerprint density at radius 1 is 1.12 bits per heavy atom. The number of ether oxygens (including phenoxy) is 1. The van der Waals surface area contributed by atoms with Crippen LogP contribution >= 0.6 is 11.6 Å². The van der Waals surface area contributed by atoms with Gasteiger partial charge >= 0.3 is 6.09 Å². The van der Waals surface area contributed by atoms with E-state index in [2.05, 4.69) is 10.3 Å². The first-order valence-electron chi connectivity index (χ1n) is 11.1. The van der Waals surface area contributed by atoms with Crippen molar-refractivity contribution >= 4 is 29.2 Å². The van der Waals surface area contributed by atoms with Crippen LogP contribution in [-0.4, -0.2) is 44.6 Å². The van der Waals surface area contributed by atoms with E-state index in [9.17, 15) is 4.79 Å². The summed E-state index contributed by atoms with van der Waals surface area (Å²) >= 11 is 6.02. The fourth-order valence-electron chi connectivity index (χ4n) is 3.74. The maximum Gasteiger partial charge on any atom is 0.410 e. The number of hydrogen-bond acceptors (Lipinski definition) is 6. The fraction of sp³-hybridized carbons (Fsp3) is 0.360. The number of benzene rings is 1. The standard InChI is InChI=1S/C25H28ClN5O2/c1-25(2,3)33-24(32)31-14-4-5-18(16-31)23-29-21(17-10-12-27-13-11-17)15-22(30-23)28-20-8-6-19(26)7-9-20/h6-13,15,18H,4-5,14,16H2,1-3H3,(H,28,29,30)/t18-/m1/s1. The molecule has 0 aliphatic carbocycles. The molecular weight excluding hydrogens is 438 g/mol. The first-order chi connectivity index (χ1) is 15.8. The van der Waals surface area contributed by atoms with Gasteiger partial charge in [0.2, 0.25) is 0 Å². The van der Waals surface area contributed by atoms with Gasteiger partial charge in [0.15, 0.2) is 0 Å². The van der Waals surface area contributed by atoms with Crippen LogP contribution in [0.5, 0.6) is 0 Å². The van der Waals surface area contributed by atoms with Crippen molar-refractivity contribution in [2.24, 2.45) is 0 Å². The second-order valence-electron chi connectivity index (χ2n) is 9.13. The molecule has 3 aromatic rings. The Bertz CT molecular complexity index is 1100. The first kappa shape index (κ1) is 23.0. The highest BCUT2D eigenvalue weighted by Crippen LogP contribution is 2.30. The van der Waals surface area contributed by atoms with Crippen molar-refractivity contribution in [3.8, 4) is 11.3 Å². The zero-order valence-electron chi connectivity index (χ0n) is 19.1. The van der Waals surface area contributed by atoms with Crippen LogP contribution in [0.15, 0.2) is 54.9 Å². The molecule has 1 amide bonds. The summed E-state index contributed by atoms with van der Waals surface area (Å²) in [6.07, 6.45) is 4.96. The summed E-state index contributed by atoms with van der Waals surface area (Å²) < 4.78 is 5.58. The number of hydrogen-bond donors (Lipinski definition) is 1. The number of nitrogens with zero attached hydrogens (tertiary/aromatic N) is 4. The quantitative estimate of drug-likeness (QED) is 0.505. The molecule has 0 unspecified atom stereocenters. The highest BCUT2D eigenvalue weighted by Gasteiger charge is 2.30. The molecule has 4 rings (SSSR count). The highest BCUT2D eigenvalue weighted by atomic mass is 35.5.